The summed E-state index contributed by atoms with van der Waals surface area (Å²) in [5, 5.41) is 32.1. The maximum absolute atomic E-state index is 12.9. The standard InChI is InChI=1S/C23H26N4O4/c1-15-19(21(29)27(25-15)17-11-6-3-7-12-17)24-26-23(22(30)31)14-8-13-18(20(23)28)16-9-4-2-5-10-16/h2,4-5,8-10,13-14,17,20,25,28H,3,6-7,11-12H2,1H3,(H,30,31). The molecule has 2 unspecified atom stereocenters. The Balaban J connectivity index is 1.69. The highest BCUT2D eigenvalue weighted by molar-refractivity contribution is 5.89. The molecule has 162 valence electrons. The number of aliphatic carboxylic acids is 1. The summed E-state index contributed by atoms with van der Waals surface area (Å²) >= 11 is 0. The predicted octanol–water partition coefficient (Wildman–Crippen LogP) is 3.91. The van der Waals surface area contributed by atoms with Crippen LogP contribution in [-0.2, 0) is 4.79 Å². The quantitative estimate of drug-likeness (QED) is 0.633. The van der Waals surface area contributed by atoms with Crippen LogP contribution in [0.4, 0.5) is 5.69 Å². The van der Waals surface area contributed by atoms with Crippen LogP contribution in [0.5, 0.6) is 0 Å². The minimum atomic E-state index is -2.02. The molecule has 0 spiro atoms. The van der Waals surface area contributed by atoms with Crippen molar-refractivity contribution in [2.45, 2.75) is 56.7 Å². The maximum atomic E-state index is 12.9. The molecule has 4 rings (SSSR count). The average Bonchev–Trinajstić information content (AvgIpc) is 3.07. The first-order valence-corrected chi connectivity index (χ1v) is 10.5. The largest absolute Gasteiger partial charge is 0.479 e. The van der Waals surface area contributed by atoms with Gasteiger partial charge >= 0.3 is 5.97 Å². The summed E-state index contributed by atoms with van der Waals surface area (Å²) < 4.78 is 1.58. The molecule has 8 heteroatoms. The van der Waals surface area contributed by atoms with Gasteiger partial charge in [-0.05, 0) is 37.0 Å². The Kier molecular flexibility index (Phi) is 5.73. The Bertz CT molecular complexity index is 1110. The fourth-order valence-electron chi connectivity index (χ4n) is 4.33. The third-order valence-corrected chi connectivity index (χ3v) is 6.11. The predicted molar refractivity (Wildman–Crippen MR) is 116 cm³/mol. The van der Waals surface area contributed by atoms with Crippen LogP contribution in [0.3, 0.4) is 0 Å². The number of aromatic amines is 1. The van der Waals surface area contributed by atoms with Crippen LogP contribution in [0.1, 0.15) is 49.4 Å². The Morgan fingerprint density at radius 1 is 1.19 bits per heavy atom. The second-order valence-electron chi connectivity index (χ2n) is 8.13. The molecule has 0 aliphatic heterocycles. The first kappa shape index (κ1) is 21.0. The number of carbonyl (C=O) groups is 1. The lowest BCUT2D eigenvalue weighted by Crippen LogP contribution is -2.47. The molecule has 2 aliphatic rings. The van der Waals surface area contributed by atoms with Crippen LogP contribution in [-0.4, -0.2) is 37.6 Å². The number of azo groups is 1. The van der Waals surface area contributed by atoms with E-state index < -0.39 is 17.6 Å². The third-order valence-electron chi connectivity index (χ3n) is 6.11. The van der Waals surface area contributed by atoms with Gasteiger partial charge in [0.25, 0.3) is 5.56 Å². The minimum absolute atomic E-state index is 0.0719. The first-order chi connectivity index (χ1) is 14.9. The summed E-state index contributed by atoms with van der Waals surface area (Å²) in [5.41, 5.74) is -0.629. The highest BCUT2D eigenvalue weighted by Crippen LogP contribution is 2.35. The summed E-state index contributed by atoms with van der Waals surface area (Å²) in [6.07, 6.45) is 8.20. The van der Waals surface area contributed by atoms with E-state index in [1.807, 2.05) is 18.2 Å². The van der Waals surface area contributed by atoms with Gasteiger partial charge in [0, 0.05) is 0 Å². The topological polar surface area (TPSA) is 120 Å². The molecule has 1 aromatic heterocycles. The number of aliphatic hydroxyl groups is 1. The van der Waals surface area contributed by atoms with Gasteiger partial charge in [-0.25, -0.2) is 9.48 Å². The Morgan fingerprint density at radius 3 is 2.58 bits per heavy atom. The number of benzene rings is 1. The molecular weight excluding hydrogens is 396 g/mol. The van der Waals surface area contributed by atoms with E-state index in [1.54, 1.807) is 35.9 Å². The number of H-pyrrole nitrogens is 1. The van der Waals surface area contributed by atoms with Gasteiger partial charge in [-0.2, -0.15) is 5.11 Å². The van der Waals surface area contributed by atoms with Gasteiger partial charge < -0.3 is 10.2 Å². The fraction of sp³-hybridized carbons (Fsp3) is 0.391. The number of allylic oxidation sites excluding steroid dienone is 2. The Labute approximate surface area is 179 Å². The van der Waals surface area contributed by atoms with Crippen molar-refractivity contribution in [2.75, 3.05) is 0 Å². The number of nitrogens with one attached hydrogen (secondary N) is 1. The number of aryl methyl sites for hydroxylation is 1. The normalized spacial score (nSPS) is 24.5. The maximum Gasteiger partial charge on any atom is 0.340 e. The average molecular weight is 422 g/mol. The fourth-order valence-corrected chi connectivity index (χ4v) is 4.33. The summed E-state index contributed by atoms with van der Waals surface area (Å²) in [4.78, 5) is 25.2. The number of nitrogens with zero attached hydrogens (tertiary/aromatic N) is 3. The first-order valence-electron chi connectivity index (χ1n) is 10.5. The summed E-state index contributed by atoms with van der Waals surface area (Å²) in [6, 6.07) is 9.12. The molecule has 3 N–H and O–H groups in total. The zero-order chi connectivity index (χ0) is 22.0. The lowest BCUT2D eigenvalue weighted by molar-refractivity contribution is -0.144. The molecule has 1 aromatic carbocycles. The molecule has 0 amide bonds. The highest BCUT2D eigenvalue weighted by Gasteiger charge is 2.47. The zero-order valence-electron chi connectivity index (χ0n) is 17.4. The lowest BCUT2D eigenvalue weighted by Gasteiger charge is -2.30. The molecule has 1 saturated carbocycles. The molecule has 8 nitrogen and oxygen atoms in total. The van der Waals surface area contributed by atoms with E-state index in [4.69, 9.17) is 0 Å². The van der Waals surface area contributed by atoms with Gasteiger partial charge in [-0.3, -0.25) is 9.89 Å². The van der Waals surface area contributed by atoms with E-state index in [-0.39, 0.29) is 17.3 Å². The van der Waals surface area contributed by atoms with Gasteiger partial charge in [0.15, 0.2) is 5.69 Å². The third kappa shape index (κ3) is 3.79. The van der Waals surface area contributed by atoms with E-state index in [2.05, 4.69) is 15.3 Å². The summed E-state index contributed by atoms with van der Waals surface area (Å²) in [6.45, 7) is 1.71. The number of hydrogen-bond acceptors (Lipinski definition) is 5. The van der Waals surface area contributed by atoms with Crippen LogP contribution >= 0.6 is 0 Å². The summed E-state index contributed by atoms with van der Waals surface area (Å²) in [5.74, 6) is -1.35. The smallest absolute Gasteiger partial charge is 0.340 e. The number of rotatable bonds is 5. The number of aliphatic hydroxyl groups excluding tert-OH is 1. The second kappa shape index (κ2) is 8.47. The molecule has 0 radical (unpaired) electrons. The van der Waals surface area contributed by atoms with Crippen molar-refractivity contribution in [3.05, 3.63) is 70.2 Å². The molecular formula is C23H26N4O4. The van der Waals surface area contributed by atoms with Crippen molar-refractivity contribution in [3.8, 4) is 0 Å². The van der Waals surface area contributed by atoms with E-state index in [1.165, 1.54) is 12.5 Å². The van der Waals surface area contributed by atoms with Crippen LogP contribution in [0.25, 0.3) is 5.57 Å². The highest BCUT2D eigenvalue weighted by atomic mass is 16.4. The number of hydrogen-bond donors (Lipinski definition) is 3. The van der Waals surface area contributed by atoms with E-state index in [0.717, 1.165) is 25.7 Å². The number of carboxylic acids is 1. The van der Waals surface area contributed by atoms with Crippen molar-refractivity contribution < 1.29 is 15.0 Å². The van der Waals surface area contributed by atoms with Crippen molar-refractivity contribution >= 4 is 17.2 Å². The molecule has 0 bridgehead atoms. The molecule has 31 heavy (non-hydrogen) atoms. The zero-order valence-corrected chi connectivity index (χ0v) is 17.4. The van der Waals surface area contributed by atoms with Crippen molar-refractivity contribution in [3.63, 3.8) is 0 Å². The van der Waals surface area contributed by atoms with Crippen LogP contribution in [0.2, 0.25) is 0 Å². The molecule has 0 saturated heterocycles. The number of carboxylic acid groups (broad SMARTS) is 1. The van der Waals surface area contributed by atoms with Gasteiger partial charge in [0.2, 0.25) is 5.54 Å². The molecule has 2 atom stereocenters. The van der Waals surface area contributed by atoms with Crippen LogP contribution in [0.15, 0.2) is 63.6 Å². The van der Waals surface area contributed by atoms with Gasteiger partial charge in [0.1, 0.15) is 6.10 Å². The van der Waals surface area contributed by atoms with Gasteiger partial charge in [-0.15, -0.1) is 5.11 Å². The van der Waals surface area contributed by atoms with Crippen molar-refractivity contribution in [1.82, 2.24) is 9.78 Å². The van der Waals surface area contributed by atoms with E-state index in [0.29, 0.717) is 16.8 Å². The minimum Gasteiger partial charge on any atom is -0.479 e. The van der Waals surface area contributed by atoms with Crippen molar-refractivity contribution in [2.24, 2.45) is 10.2 Å². The van der Waals surface area contributed by atoms with E-state index in [9.17, 15) is 19.8 Å². The summed E-state index contributed by atoms with van der Waals surface area (Å²) in [7, 11) is 0. The molecule has 1 heterocycles. The second-order valence-corrected chi connectivity index (χ2v) is 8.13. The molecule has 2 aromatic rings. The molecule has 2 aliphatic carbocycles. The van der Waals surface area contributed by atoms with E-state index >= 15 is 0 Å². The lowest BCUT2D eigenvalue weighted by atomic mass is 9.81. The SMILES string of the molecule is Cc1[nH]n(C2CCCCC2)c(=O)c1N=NC1(C(=O)O)C=CC=C(c2ccccc2)C1O. The van der Waals surface area contributed by atoms with Gasteiger partial charge in [0.05, 0.1) is 11.7 Å². The monoisotopic (exact) mass is 422 g/mol. The Hall–Kier alpha value is -3.26. The van der Waals surface area contributed by atoms with Gasteiger partial charge in [-0.1, -0.05) is 61.7 Å². The van der Waals surface area contributed by atoms with Crippen LogP contribution in [0, 0.1) is 6.92 Å². The Morgan fingerprint density at radius 2 is 1.90 bits per heavy atom. The van der Waals surface area contributed by atoms with Crippen molar-refractivity contribution in [1.29, 1.82) is 0 Å². The van der Waals surface area contributed by atoms with Crippen LogP contribution < -0.4 is 5.56 Å². The molecule has 1 fully saturated rings. The number of aromatic nitrogens is 2.